The van der Waals surface area contributed by atoms with Gasteiger partial charge in [0.2, 0.25) is 6.04 Å². The van der Waals surface area contributed by atoms with Gasteiger partial charge in [-0.05, 0) is 25.0 Å². The lowest BCUT2D eigenvalue weighted by Crippen LogP contribution is -2.44. The summed E-state index contributed by atoms with van der Waals surface area (Å²) in [5, 5.41) is 31.4. The van der Waals surface area contributed by atoms with Crippen molar-refractivity contribution in [2.45, 2.75) is 37.8 Å². The molecule has 1 aromatic rings. The van der Waals surface area contributed by atoms with Crippen LogP contribution in [0.5, 0.6) is 0 Å². The van der Waals surface area contributed by atoms with E-state index in [1.165, 1.54) is 24.3 Å². The van der Waals surface area contributed by atoms with Crippen molar-refractivity contribution in [3.05, 3.63) is 50.1 Å². The monoisotopic (exact) mass is 308 g/mol. The summed E-state index contributed by atoms with van der Waals surface area (Å²) >= 11 is 0. The maximum Gasteiger partial charge on any atom is 0.269 e. The van der Waals surface area contributed by atoms with Gasteiger partial charge in [-0.3, -0.25) is 25.0 Å². The van der Waals surface area contributed by atoms with Crippen LogP contribution in [-0.4, -0.2) is 32.9 Å². The summed E-state index contributed by atoms with van der Waals surface area (Å²) in [5.74, 6) is -0.817. The Morgan fingerprint density at radius 3 is 2.36 bits per heavy atom. The Kier molecular flexibility index (Phi) is 4.81. The number of rotatable bonds is 5. The molecule has 1 fully saturated rings. The van der Waals surface area contributed by atoms with E-state index < -0.39 is 27.9 Å². The number of Topliss-reactive ketones (excluding diaryl/α,β-unsaturated/α-hetero) is 1. The summed E-state index contributed by atoms with van der Waals surface area (Å²) in [5.41, 5.74) is 0.167. The summed E-state index contributed by atoms with van der Waals surface area (Å²) in [6.07, 6.45) is 0.456. The molecular weight excluding hydrogens is 292 g/mol. The Hall–Kier alpha value is -2.35. The molecule has 0 radical (unpaired) electrons. The van der Waals surface area contributed by atoms with Crippen LogP contribution in [0.2, 0.25) is 0 Å². The maximum atomic E-state index is 12.2. The van der Waals surface area contributed by atoms with Crippen LogP contribution in [-0.2, 0) is 0 Å². The minimum atomic E-state index is -1.13. The van der Waals surface area contributed by atoms with Crippen LogP contribution < -0.4 is 0 Å². The molecule has 0 bridgehead atoms. The zero-order valence-corrected chi connectivity index (χ0v) is 11.8. The molecule has 1 saturated carbocycles. The van der Waals surface area contributed by atoms with Gasteiger partial charge in [-0.15, -0.1) is 0 Å². The fraction of sp³-hybridized carbons (Fsp3) is 0.500. The van der Waals surface area contributed by atoms with Gasteiger partial charge in [-0.25, -0.2) is 0 Å². The van der Waals surface area contributed by atoms with E-state index in [0.29, 0.717) is 19.3 Å². The van der Waals surface area contributed by atoms with E-state index in [4.69, 9.17) is 0 Å². The Morgan fingerprint density at radius 1 is 1.18 bits per heavy atom. The van der Waals surface area contributed by atoms with Crippen molar-refractivity contribution < 1.29 is 19.7 Å². The van der Waals surface area contributed by atoms with Gasteiger partial charge in [-0.1, -0.05) is 6.42 Å². The molecule has 8 nitrogen and oxygen atoms in total. The van der Waals surface area contributed by atoms with Crippen LogP contribution >= 0.6 is 0 Å². The van der Waals surface area contributed by atoms with Gasteiger partial charge in [0.1, 0.15) is 6.10 Å². The van der Waals surface area contributed by atoms with Gasteiger partial charge in [0.15, 0.2) is 5.78 Å². The molecule has 1 aliphatic rings. The number of hydrogen-bond acceptors (Lipinski definition) is 6. The molecule has 118 valence electrons. The number of nitro groups is 2. The van der Waals surface area contributed by atoms with E-state index in [1.54, 1.807) is 0 Å². The topological polar surface area (TPSA) is 124 Å². The van der Waals surface area contributed by atoms with Crippen LogP contribution in [0, 0.1) is 26.1 Å². The molecular formula is C14H16N2O6. The molecule has 0 aromatic heterocycles. The third-order valence-corrected chi connectivity index (χ3v) is 4.04. The van der Waals surface area contributed by atoms with E-state index in [-0.39, 0.29) is 23.5 Å². The van der Waals surface area contributed by atoms with Crippen molar-refractivity contribution in [1.82, 2.24) is 0 Å². The van der Waals surface area contributed by atoms with Crippen LogP contribution in [0.25, 0.3) is 0 Å². The predicted molar refractivity (Wildman–Crippen MR) is 76.2 cm³/mol. The minimum Gasteiger partial charge on any atom is -0.386 e. The predicted octanol–water partition coefficient (Wildman–Crippen LogP) is 1.97. The summed E-state index contributed by atoms with van der Waals surface area (Å²) in [4.78, 5) is 32.8. The lowest BCUT2D eigenvalue weighted by atomic mass is 9.79. The van der Waals surface area contributed by atoms with Crippen LogP contribution in [0.15, 0.2) is 24.3 Å². The number of hydrogen-bond donors (Lipinski definition) is 1. The molecule has 0 heterocycles. The number of benzene rings is 1. The lowest BCUT2D eigenvalue weighted by Gasteiger charge is -2.28. The first-order chi connectivity index (χ1) is 10.4. The molecule has 8 heteroatoms. The SMILES string of the molecule is O=C(CC1CCCC(O)C1[N+](=O)[O-])c1ccc([N+](=O)[O-])cc1. The molecule has 0 aliphatic heterocycles. The molecule has 22 heavy (non-hydrogen) atoms. The molecule has 1 N–H and O–H groups in total. The average molecular weight is 308 g/mol. The van der Waals surface area contributed by atoms with Crippen LogP contribution in [0.1, 0.15) is 36.0 Å². The zero-order chi connectivity index (χ0) is 16.3. The average Bonchev–Trinajstić information content (AvgIpc) is 2.47. The lowest BCUT2D eigenvalue weighted by molar-refractivity contribution is -0.547. The van der Waals surface area contributed by atoms with Crippen LogP contribution in [0.4, 0.5) is 5.69 Å². The highest BCUT2D eigenvalue weighted by Crippen LogP contribution is 2.30. The van der Waals surface area contributed by atoms with E-state index >= 15 is 0 Å². The number of ketones is 1. The van der Waals surface area contributed by atoms with Crippen LogP contribution in [0.3, 0.4) is 0 Å². The van der Waals surface area contributed by atoms with Gasteiger partial charge in [0.05, 0.1) is 4.92 Å². The number of nitrogens with zero attached hydrogens (tertiary/aromatic N) is 2. The summed E-state index contributed by atoms with van der Waals surface area (Å²) in [7, 11) is 0. The molecule has 1 aromatic carbocycles. The first-order valence-electron chi connectivity index (χ1n) is 6.99. The number of aliphatic hydroxyl groups is 1. The maximum absolute atomic E-state index is 12.2. The second kappa shape index (κ2) is 6.61. The van der Waals surface area contributed by atoms with Crippen molar-refractivity contribution in [2.24, 2.45) is 5.92 Å². The highest BCUT2D eigenvalue weighted by molar-refractivity contribution is 5.96. The summed E-state index contributed by atoms with van der Waals surface area (Å²) in [6, 6.07) is 4.03. The second-order valence-electron chi connectivity index (χ2n) is 5.47. The summed E-state index contributed by atoms with van der Waals surface area (Å²) in [6.45, 7) is 0. The smallest absolute Gasteiger partial charge is 0.269 e. The Bertz CT molecular complexity index is 586. The van der Waals surface area contributed by atoms with Crippen molar-refractivity contribution in [1.29, 1.82) is 0 Å². The fourth-order valence-electron chi connectivity index (χ4n) is 2.91. The third-order valence-electron chi connectivity index (χ3n) is 4.04. The molecule has 3 atom stereocenters. The van der Waals surface area contributed by atoms with Gasteiger partial charge >= 0.3 is 0 Å². The van der Waals surface area contributed by atoms with Gasteiger partial charge < -0.3 is 5.11 Å². The van der Waals surface area contributed by atoms with Crippen molar-refractivity contribution in [3.8, 4) is 0 Å². The highest BCUT2D eigenvalue weighted by atomic mass is 16.6. The highest BCUT2D eigenvalue weighted by Gasteiger charge is 2.42. The van der Waals surface area contributed by atoms with E-state index in [9.17, 15) is 30.1 Å². The standard InChI is InChI=1S/C14H16N2O6/c17-12-3-1-2-10(14(12)16(21)22)8-13(18)9-4-6-11(7-5-9)15(19)20/h4-7,10,12,14,17H,1-3,8H2. The Labute approximate surface area is 126 Å². The van der Waals surface area contributed by atoms with Crippen molar-refractivity contribution in [3.63, 3.8) is 0 Å². The van der Waals surface area contributed by atoms with Gasteiger partial charge in [0.25, 0.3) is 5.69 Å². The normalized spacial score (nSPS) is 24.7. The van der Waals surface area contributed by atoms with E-state index in [1.807, 2.05) is 0 Å². The molecule has 3 unspecified atom stereocenters. The molecule has 1 aliphatic carbocycles. The Morgan fingerprint density at radius 2 is 1.82 bits per heavy atom. The molecule has 0 amide bonds. The largest absolute Gasteiger partial charge is 0.386 e. The summed E-state index contributed by atoms with van der Waals surface area (Å²) < 4.78 is 0. The third kappa shape index (κ3) is 3.45. The van der Waals surface area contributed by atoms with Gasteiger partial charge in [-0.2, -0.15) is 0 Å². The number of aliphatic hydroxyl groups excluding tert-OH is 1. The van der Waals surface area contributed by atoms with E-state index in [2.05, 4.69) is 0 Å². The molecule has 0 saturated heterocycles. The fourth-order valence-corrected chi connectivity index (χ4v) is 2.91. The molecule has 2 rings (SSSR count). The number of non-ortho nitro benzene ring substituents is 1. The quantitative estimate of drug-likeness (QED) is 0.504. The zero-order valence-electron chi connectivity index (χ0n) is 11.8. The van der Waals surface area contributed by atoms with E-state index in [0.717, 1.165) is 0 Å². The van der Waals surface area contributed by atoms with Crippen molar-refractivity contribution in [2.75, 3.05) is 0 Å². The Balaban J connectivity index is 2.09. The second-order valence-corrected chi connectivity index (χ2v) is 5.47. The number of carbonyl (C=O) groups excluding carboxylic acids is 1. The first kappa shape index (κ1) is 16.0. The van der Waals surface area contributed by atoms with Gasteiger partial charge in [0, 0.05) is 35.0 Å². The minimum absolute atomic E-state index is 0.0412. The van der Waals surface area contributed by atoms with Crippen molar-refractivity contribution >= 4 is 11.5 Å². The first-order valence-corrected chi connectivity index (χ1v) is 6.99. The number of carbonyl (C=O) groups is 1. The molecule has 0 spiro atoms. The number of nitro benzene ring substituents is 1.